The van der Waals surface area contributed by atoms with Gasteiger partial charge in [0.05, 0.1) is 0 Å². The zero-order chi connectivity index (χ0) is 8.97. The van der Waals surface area contributed by atoms with E-state index in [4.69, 9.17) is 0 Å². The fourth-order valence-corrected chi connectivity index (χ4v) is 1.68. The molecule has 1 rings (SSSR count). The highest BCUT2D eigenvalue weighted by atomic mass is 15.2. The third-order valence-corrected chi connectivity index (χ3v) is 2.83. The van der Waals surface area contributed by atoms with Gasteiger partial charge >= 0.3 is 0 Å². The molecular weight excluding hydrogens is 148 g/mol. The minimum Gasteiger partial charge on any atom is -0.308 e. The van der Waals surface area contributed by atoms with E-state index in [-0.39, 0.29) is 0 Å². The van der Waals surface area contributed by atoms with E-state index < -0.39 is 0 Å². The Hall–Kier alpha value is -0.0800. The van der Waals surface area contributed by atoms with E-state index in [1.54, 1.807) is 0 Å². The van der Waals surface area contributed by atoms with Gasteiger partial charge in [0.15, 0.2) is 0 Å². The average molecular weight is 170 g/mol. The normalized spacial score (nSPS) is 18.8. The molecule has 0 aliphatic heterocycles. The van der Waals surface area contributed by atoms with Gasteiger partial charge < -0.3 is 4.90 Å². The van der Waals surface area contributed by atoms with Crippen molar-refractivity contribution in [2.75, 3.05) is 33.7 Å². The molecule has 0 saturated heterocycles. The summed E-state index contributed by atoms with van der Waals surface area (Å²) in [7, 11) is 4.29. The van der Waals surface area contributed by atoms with Gasteiger partial charge in [-0.15, -0.1) is 0 Å². The highest BCUT2D eigenvalue weighted by Gasteiger charge is 2.22. The predicted octanol–water partition coefficient (Wildman–Crippen LogP) is 1.42. The van der Waals surface area contributed by atoms with Crippen molar-refractivity contribution in [2.24, 2.45) is 0 Å². The van der Waals surface area contributed by atoms with E-state index in [9.17, 15) is 0 Å². The topological polar surface area (TPSA) is 6.48 Å². The van der Waals surface area contributed by atoms with Gasteiger partial charge in [0.2, 0.25) is 0 Å². The molecule has 12 heavy (non-hydrogen) atoms. The van der Waals surface area contributed by atoms with E-state index in [0.29, 0.717) is 0 Å². The van der Waals surface area contributed by atoms with Gasteiger partial charge in [0.25, 0.3) is 0 Å². The highest BCUT2D eigenvalue weighted by molar-refractivity contribution is 4.79. The summed E-state index contributed by atoms with van der Waals surface area (Å²) in [4.78, 5) is 4.88. The molecule has 0 atom stereocenters. The van der Waals surface area contributed by atoms with Crippen molar-refractivity contribution in [3.8, 4) is 0 Å². The lowest BCUT2D eigenvalue weighted by atomic mass is 9.91. The molecule has 1 aliphatic carbocycles. The van der Waals surface area contributed by atoms with Gasteiger partial charge in [0, 0.05) is 19.1 Å². The zero-order valence-corrected chi connectivity index (χ0v) is 8.71. The largest absolute Gasteiger partial charge is 0.308 e. The van der Waals surface area contributed by atoms with Crippen LogP contribution in [-0.2, 0) is 0 Å². The SMILES string of the molecule is CCN(CCN(C)C)C1CCC1. The number of hydrogen-bond donors (Lipinski definition) is 0. The van der Waals surface area contributed by atoms with Crippen LogP contribution in [0.2, 0.25) is 0 Å². The van der Waals surface area contributed by atoms with Crippen molar-refractivity contribution >= 4 is 0 Å². The summed E-state index contributed by atoms with van der Waals surface area (Å²) in [5.41, 5.74) is 0. The van der Waals surface area contributed by atoms with Crippen LogP contribution in [0, 0.1) is 0 Å². The van der Waals surface area contributed by atoms with Crippen LogP contribution in [0.25, 0.3) is 0 Å². The molecule has 0 amide bonds. The van der Waals surface area contributed by atoms with Crippen LogP contribution in [0.15, 0.2) is 0 Å². The molecule has 72 valence electrons. The zero-order valence-electron chi connectivity index (χ0n) is 8.71. The Kier molecular flexibility index (Phi) is 4.02. The van der Waals surface area contributed by atoms with Crippen LogP contribution >= 0.6 is 0 Å². The van der Waals surface area contributed by atoms with Crippen molar-refractivity contribution < 1.29 is 0 Å². The molecule has 1 saturated carbocycles. The minimum atomic E-state index is 0.912. The summed E-state index contributed by atoms with van der Waals surface area (Å²) in [6.07, 6.45) is 4.31. The molecule has 0 heterocycles. The second-order valence-corrected chi connectivity index (χ2v) is 4.02. The molecular formula is C10H22N2. The molecule has 0 aromatic heterocycles. The fraction of sp³-hybridized carbons (Fsp3) is 1.00. The maximum Gasteiger partial charge on any atom is 0.0112 e. The summed E-state index contributed by atoms with van der Waals surface area (Å²) >= 11 is 0. The Morgan fingerprint density at radius 1 is 1.17 bits per heavy atom. The first-order valence-electron chi connectivity index (χ1n) is 5.12. The van der Waals surface area contributed by atoms with Crippen LogP contribution < -0.4 is 0 Å². The van der Waals surface area contributed by atoms with E-state index in [2.05, 4.69) is 30.8 Å². The van der Waals surface area contributed by atoms with Crippen molar-refractivity contribution in [2.45, 2.75) is 32.2 Å². The third-order valence-electron chi connectivity index (χ3n) is 2.83. The van der Waals surface area contributed by atoms with Crippen LogP contribution in [0.1, 0.15) is 26.2 Å². The summed E-state index contributed by atoms with van der Waals surface area (Å²) in [6, 6.07) is 0.912. The molecule has 1 aliphatic rings. The summed E-state index contributed by atoms with van der Waals surface area (Å²) < 4.78 is 0. The molecule has 2 heteroatoms. The monoisotopic (exact) mass is 170 g/mol. The highest BCUT2D eigenvalue weighted by Crippen LogP contribution is 2.23. The smallest absolute Gasteiger partial charge is 0.0112 e. The van der Waals surface area contributed by atoms with Gasteiger partial charge in [-0.05, 0) is 33.5 Å². The molecule has 2 nitrogen and oxygen atoms in total. The van der Waals surface area contributed by atoms with E-state index in [1.165, 1.54) is 38.9 Å². The quantitative estimate of drug-likeness (QED) is 0.616. The average Bonchev–Trinajstić information content (AvgIpc) is 1.93. The second-order valence-electron chi connectivity index (χ2n) is 4.02. The van der Waals surface area contributed by atoms with Crippen molar-refractivity contribution in [1.29, 1.82) is 0 Å². The summed E-state index contributed by atoms with van der Waals surface area (Å²) in [5.74, 6) is 0. The van der Waals surface area contributed by atoms with E-state index in [0.717, 1.165) is 6.04 Å². The van der Waals surface area contributed by atoms with Crippen molar-refractivity contribution in [3.05, 3.63) is 0 Å². The van der Waals surface area contributed by atoms with Crippen molar-refractivity contribution in [1.82, 2.24) is 9.80 Å². The maximum atomic E-state index is 2.61. The molecule has 0 aromatic carbocycles. The molecule has 0 bridgehead atoms. The second kappa shape index (κ2) is 4.83. The van der Waals surface area contributed by atoms with Crippen LogP contribution in [0.3, 0.4) is 0 Å². The molecule has 0 unspecified atom stereocenters. The number of likely N-dealkylation sites (N-methyl/N-ethyl adjacent to an activating group) is 2. The van der Waals surface area contributed by atoms with E-state index in [1.807, 2.05) is 0 Å². The summed E-state index contributed by atoms with van der Waals surface area (Å²) in [6.45, 7) is 5.94. The molecule has 0 radical (unpaired) electrons. The van der Waals surface area contributed by atoms with Crippen LogP contribution in [0.4, 0.5) is 0 Å². The molecule has 0 N–H and O–H groups in total. The lowest BCUT2D eigenvalue weighted by Crippen LogP contribution is -2.43. The molecule has 0 spiro atoms. The Labute approximate surface area is 76.5 Å². The standard InChI is InChI=1S/C10H22N2/c1-4-12(9-8-11(2)3)10-6-5-7-10/h10H,4-9H2,1-3H3. The third kappa shape index (κ3) is 2.76. The van der Waals surface area contributed by atoms with Gasteiger partial charge in [-0.2, -0.15) is 0 Å². The van der Waals surface area contributed by atoms with Gasteiger partial charge in [-0.3, -0.25) is 4.90 Å². The first-order chi connectivity index (χ1) is 5.74. The fourth-order valence-electron chi connectivity index (χ4n) is 1.68. The van der Waals surface area contributed by atoms with Crippen molar-refractivity contribution in [3.63, 3.8) is 0 Å². The van der Waals surface area contributed by atoms with Crippen LogP contribution in [-0.4, -0.2) is 49.6 Å². The van der Waals surface area contributed by atoms with Gasteiger partial charge in [-0.1, -0.05) is 13.3 Å². The first kappa shape index (κ1) is 10.0. The summed E-state index contributed by atoms with van der Waals surface area (Å²) in [5, 5.41) is 0. The Bertz CT molecular complexity index is 119. The Balaban J connectivity index is 2.15. The number of hydrogen-bond acceptors (Lipinski definition) is 2. The van der Waals surface area contributed by atoms with E-state index >= 15 is 0 Å². The Morgan fingerprint density at radius 3 is 2.17 bits per heavy atom. The lowest BCUT2D eigenvalue weighted by Gasteiger charge is -2.37. The molecule has 0 aromatic rings. The Morgan fingerprint density at radius 2 is 1.83 bits per heavy atom. The predicted molar refractivity (Wildman–Crippen MR) is 53.4 cm³/mol. The van der Waals surface area contributed by atoms with Crippen LogP contribution in [0.5, 0.6) is 0 Å². The number of nitrogens with zero attached hydrogens (tertiary/aromatic N) is 2. The first-order valence-corrected chi connectivity index (χ1v) is 5.12. The lowest BCUT2D eigenvalue weighted by molar-refractivity contribution is 0.124. The number of rotatable bonds is 5. The van der Waals surface area contributed by atoms with Gasteiger partial charge in [0.1, 0.15) is 0 Å². The van der Waals surface area contributed by atoms with Gasteiger partial charge in [-0.25, -0.2) is 0 Å². The maximum absolute atomic E-state index is 2.61. The minimum absolute atomic E-state index is 0.912. The molecule has 1 fully saturated rings.